The molecule has 2 rings (SSSR count). The number of benzene rings is 1. The van der Waals surface area contributed by atoms with Gasteiger partial charge in [0.1, 0.15) is 16.5 Å². The Bertz CT molecular complexity index is 566. The molecule has 100 valence electrons. The van der Waals surface area contributed by atoms with E-state index < -0.39 is 0 Å². The van der Waals surface area contributed by atoms with Crippen molar-refractivity contribution < 1.29 is 9.53 Å². The second kappa shape index (κ2) is 5.81. The van der Waals surface area contributed by atoms with Crippen LogP contribution in [-0.2, 0) is 6.54 Å². The van der Waals surface area contributed by atoms with Crippen LogP contribution in [0.3, 0.4) is 0 Å². The van der Waals surface area contributed by atoms with Gasteiger partial charge in [0, 0.05) is 24.7 Å². The summed E-state index contributed by atoms with van der Waals surface area (Å²) < 4.78 is 5.08. The maximum Gasteiger partial charge on any atom is 0.277 e. The topological polar surface area (TPSA) is 68.5 Å². The molecule has 1 heterocycles. The van der Waals surface area contributed by atoms with Crippen LogP contribution >= 0.6 is 11.3 Å². The molecule has 0 saturated heterocycles. The Labute approximate surface area is 115 Å². The minimum absolute atomic E-state index is 0.152. The maximum atomic E-state index is 12.2. The minimum Gasteiger partial charge on any atom is -0.497 e. The molecule has 0 aliphatic carbocycles. The number of carbonyl (C=O) groups is 1. The highest BCUT2D eigenvalue weighted by Gasteiger charge is 2.16. The van der Waals surface area contributed by atoms with Crippen LogP contribution in [-0.4, -0.2) is 25.0 Å². The van der Waals surface area contributed by atoms with Crippen LogP contribution in [0, 0.1) is 0 Å². The summed E-state index contributed by atoms with van der Waals surface area (Å²) in [5.74, 6) is 0.602. The smallest absolute Gasteiger partial charge is 0.277 e. The molecule has 19 heavy (non-hydrogen) atoms. The molecule has 5 nitrogen and oxygen atoms in total. The van der Waals surface area contributed by atoms with Crippen LogP contribution in [0.2, 0.25) is 0 Å². The number of amides is 1. The standard InChI is InChI=1S/C13H15N3O2S/c1-16(9-3-5-10(18-2)6-4-9)13(17)11-8-19-12(7-14)15-11/h3-6,8H,7,14H2,1-2H3. The van der Waals surface area contributed by atoms with E-state index in [0.717, 1.165) is 16.4 Å². The number of hydrogen-bond donors (Lipinski definition) is 1. The second-order valence-corrected chi connectivity index (χ2v) is 4.84. The lowest BCUT2D eigenvalue weighted by Crippen LogP contribution is -2.26. The van der Waals surface area contributed by atoms with Crippen LogP contribution in [0.4, 0.5) is 5.69 Å². The summed E-state index contributed by atoms with van der Waals surface area (Å²) in [7, 11) is 3.32. The molecular weight excluding hydrogens is 262 g/mol. The van der Waals surface area contributed by atoms with Crippen molar-refractivity contribution in [3.63, 3.8) is 0 Å². The molecule has 0 spiro atoms. The fraction of sp³-hybridized carbons (Fsp3) is 0.231. The number of nitrogens with two attached hydrogens (primary N) is 1. The molecule has 1 aromatic carbocycles. The average Bonchev–Trinajstić information content (AvgIpc) is 2.94. The Morgan fingerprint density at radius 3 is 2.63 bits per heavy atom. The molecule has 0 bridgehead atoms. The van der Waals surface area contributed by atoms with Crippen molar-refractivity contribution >= 4 is 22.9 Å². The van der Waals surface area contributed by atoms with Crippen LogP contribution in [0.1, 0.15) is 15.5 Å². The highest BCUT2D eigenvalue weighted by atomic mass is 32.1. The van der Waals surface area contributed by atoms with Crippen molar-refractivity contribution in [2.75, 3.05) is 19.1 Å². The Morgan fingerprint density at radius 1 is 1.42 bits per heavy atom. The highest BCUT2D eigenvalue weighted by molar-refractivity contribution is 7.09. The molecule has 0 saturated carbocycles. The summed E-state index contributed by atoms with van der Waals surface area (Å²) in [6, 6.07) is 7.27. The number of nitrogens with zero attached hydrogens (tertiary/aromatic N) is 2. The van der Waals surface area contributed by atoms with Gasteiger partial charge < -0.3 is 15.4 Å². The molecule has 0 aliphatic heterocycles. The van der Waals surface area contributed by atoms with Crippen LogP contribution in [0.15, 0.2) is 29.6 Å². The predicted molar refractivity (Wildman–Crippen MR) is 75.7 cm³/mol. The number of aromatic nitrogens is 1. The van der Waals surface area contributed by atoms with Gasteiger partial charge in [0.15, 0.2) is 0 Å². The first-order valence-corrected chi connectivity index (χ1v) is 6.60. The van der Waals surface area contributed by atoms with Gasteiger partial charge in [0.2, 0.25) is 0 Å². The molecule has 0 unspecified atom stereocenters. The van der Waals surface area contributed by atoms with Gasteiger partial charge in [-0.3, -0.25) is 4.79 Å². The number of rotatable bonds is 4. The monoisotopic (exact) mass is 277 g/mol. The van der Waals surface area contributed by atoms with Gasteiger partial charge in [-0.25, -0.2) is 4.98 Å². The largest absolute Gasteiger partial charge is 0.497 e. The minimum atomic E-state index is -0.152. The molecule has 2 aromatic rings. The molecule has 0 aliphatic rings. The maximum absolute atomic E-state index is 12.2. The predicted octanol–water partition coefficient (Wildman–Crippen LogP) is 1.89. The summed E-state index contributed by atoms with van der Waals surface area (Å²) in [6.07, 6.45) is 0. The van der Waals surface area contributed by atoms with Gasteiger partial charge in [-0.1, -0.05) is 0 Å². The van der Waals surface area contributed by atoms with Crippen LogP contribution in [0.25, 0.3) is 0 Å². The van der Waals surface area contributed by atoms with E-state index in [1.807, 2.05) is 24.3 Å². The fourth-order valence-corrected chi connectivity index (χ4v) is 2.25. The Morgan fingerprint density at radius 2 is 2.11 bits per heavy atom. The van der Waals surface area contributed by atoms with Crippen molar-refractivity contribution in [1.82, 2.24) is 4.98 Å². The molecule has 1 aromatic heterocycles. The van der Waals surface area contributed by atoms with E-state index in [1.54, 1.807) is 24.4 Å². The summed E-state index contributed by atoms with van der Waals surface area (Å²) in [4.78, 5) is 18.0. The normalized spacial score (nSPS) is 10.3. The van der Waals surface area contributed by atoms with Crippen LogP contribution in [0.5, 0.6) is 5.75 Å². The Kier molecular flexibility index (Phi) is 4.13. The van der Waals surface area contributed by atoms with E-state index in [0.29, 0.717) is 12.2 Å². The molecule has 1 amide bonds. The van der Waals surface area contributed by atoms with Crippen LogP contribution < -0.4 is 15.4 Å². The van der Waals surface area contributed by atoms with E-state index in [-0.39, 0.29) is 5.91 Å². The third kappa shape index (κ3) is 2.91. The first-order chi connectivity index (χ1) is 9.15. The number of hydrogen-bond acceptors (Lipinski definition) is 5. The number of thiazole rings is 1. The quantitative estimate of drug-likeness (QED) is 0.926. The highest BCUT2D eigenvalue weighted by Crippen LogP contribution is 2.20. The second-order valence-electron chi connectivity index (χ2n) is 3.89. The third-order valence-corrected chi connectivity index (χ3v) is 3.58. The molecule has 2 N–H and O–H groups in total. The first kappa shape index (κ1) is 13.5. The van der Waals surface area contributed by atoms with Gasteiger partial charge in [-0.15, -0.1) is 11.3 Å². The Balaban J connectivity index is 2.17. The summed E-state index contributed by atoms with van der Waals surface area (Å²) in [5.41, 5.74) is 6.70. The number of methoxy groups -OCH3 is 1. The summed E-state index contributed by atoms with van der Waals surface area (Å²) in [6.45, 7) is 0.351. The van der Waals surface area contributed by atoms with E-state index in [4.69, 9.17) is 10.5 Å². The zero-order valence-electron chi connectivity index (χ0n) is 10.8. The number of ether oxygens (including phenoxy) is 1. The van der Waals surface area contributed by atoms with Gasteiger partial charge in [0.05, 0.1) is 7.11 Å². The molecule has 0 atom stereocenters. The van der Waals surface area contributed by atoms with E-state index in [2.05, 4.69) is 4.98 Å². The molecule has 0 radical (unpaired) electrons. The first-order valence-electron chi connectivity index (χ1n) is 5.72. The summed E-state index contributed by atoms with van der Waals surface area (Å²) in [5, 5.41) is 2.48. The third-order valence-electron chi connectivity index (χ3n) is 2.71. The van der Waals surface area contributed by atoms with Crippen molar-refractivity contribution in [2.24, 2.45) is 5.73 Å². The average molecular weight is 277 g/mol. The fourth-order valence-electron chi connectivity index (χ4n) is 1.60. The van der Waals surface area contributed by atoms with Crippen molar-refractivity contribution in [3.8, 4) is 5.75 Å². The number of anilines is 1. The van der Waals surface area contributed by atoms with Gasteiger partial charge in [-0.2, -0.15) is 0 Å². The van der Waals surface area contributed by atoms with Gasteiger partial charge >= 0.3 is 0 Å². The lowest BCUT2D eigenvalue weighted by molar-refractivity contribution is 0.0988. The van der Waals surface area contributed by atoms with E-state index in [9.17, 15) is 4.79 Å². The van der Waals surface area contributed by atoms with E-state index >= 15 is 0 Å². The zero-order chi connectivity index (χ0) is 13.8. The Hall–Kier alpha value is -1.92. The van der Waals surface area contributed by atoms with Crippen molar-refractivity contribution in [2.45, 2.75) is 6.54 Å². The van der Waals surface area contributed by atoms with Crippen molar-refractivity contribution in [3.05, 3.63) is 40.3 Å². The van der Waals surface area contributed by atoms with Gasteiger partial charge in [-0.05, 0) is 24.3 Å². The summed E-state index contributed by atoms with van der Waals surface area (Å²) >= 11 is 1.39. The lowest BCUT2D eigenvalue weighted by atomic mass is 10.2. The zero-order valence-corrected chi connectivity index (χ0v) is 11.6. The lowest BCUT2D eigenvalue weighted by Gasteiger charge is -2.16. The SMILES string of the molecule is COc1ccc(N(C)C(=O)c2csc(CN)n2)cc1. The number of carbonyl (C=O) groups excluding carboxylic acids is 1. The van der Waals surface area contributed by atoms with Gasteiger partial charge in [0.25, 0.3) is 5.91 Å². The molecule has 0 fully saturated rings. The van der Waals surface area contributed by atoms with Crippen molar-refractivity contribution in [1.29, 1.82) is 0 Å². The molecular formula is C13H15N3O2S. The molecule has 6 heteroatoms. The van der Waals surface area contributed by atoms with E-state index in [1.165, 1.54) is 11.3 Å².